The number of ether oxygens (including phenoxy) is 2. The first-order valence-corrected chi connectivity index (χ1v) is 22.5. The van der Waals surface area contributed by atoms with E-state index in [9.17, 15) is 24.2 Å². The summed E-state index contributed by atoms with van der Waals surface area (Å²) in [7, 11) is 1.09. The van der Waals surface area contributed by atoms with Crippen molar-refractivity contribution in [2.24, 2.45) is 0 Å². The van der Waals surface area contributed by atoms with Gasteiger partial charge in [-0.05, 0) is 83.5 Å². The minimum absolute atomic E-state index is 0.0510. The Morgan fingerprint density at radius 2 is 1.16 bits per heavy atom. The van der Waals surface area contributed by atoms with E-state index in [-0.39, 0.29) is 32.2 Å². The molecule has 0 saturated heterocycles. The molecule has 0 aromatic heterocycles. The maximum Gasteiger partial charge on any atom is 0.306 e. The number of aliphatic hydroxyl groups is 1. The molecular weight excluding hydrogens is 717 g/mol. The molecule has 318 valence electrons. The van der Waals surface area contributed by atoms with Crippen LogP contribution in [-0.2, 0) is 32.7 Å². The van der Waals surface area contributed by atoms with Gasteiger partial charge in [0, 0.05) is 12.8 Å². The minimum atomic E-state index is -4.65. The van der Waals surface area contributed by atoms with Gasteiger partial charge in [-0.3, -0.25) is 14.2 Å². The van der Waals surface area contributed by atoms with Gasteiger partial charge >= 0.3 is 11.9 Å². The van der Waals surface area contributed by atoms with Crippen LogP contribution < -0.4 is 4.89 Å². The lowest BCUT2D eigenvalue weighted by atomic mass is 10.1. The number of quaternary nitrogens is 1. The van der Waals surface area contributed by atoms with Gasteiger partial charge in [0.05, 0.1) is 33.9 Å². The highest BCUT2D eigenvalue weighted by Crippen LogP contribution is 2.38. The molecule has 3 unspecified atom stereocenters. The highest BCUT2D eigenvalue weighted by atomic mass is 31.2. The smallest absolute Gasteiger partial charge is 0.306 e. The average Bonchev–Trinajstić information content (AvgIpc) is 3.13. The van der Waals surface area contributed by atoms with Crippen molar-refractivity contribution >= 4 is 19.8 Å². The molecular formula is C44H78NO9P. The lowest BCUT2D eigenvalue weighted by Gasteiger charge is -2.28. The summed E-state index contributed by atoms with van der Waals surface area (Å²) >= 11 is 0. The number of likely N-dealkylation sites (N-methyl/N-ethyl adjacent to an activating group) is 1. The molecule has 0 saturated carbocycles. The number of aliphatic hydroxyl groups excluding tert-OH is 1. The van der Waals surface area contributed by atoms with E-state index in [1.165, 1.54) is 25.7 Å². The number of hydrogen-bond acceptors (Lipinski definition) is 9. The van der Waals surface area contributed by atoms with Gasteiger partial charge in [-0.1, -0.05) is 113 Å². The van der Waals surface area contributed by atoms with Crippen molar-refractivity contribution < 1.29 is 47.2 Å². The summed E-state index contributed by atoms with van der Waals surface area (Å²) in [4.78, 5) is 37.4. The summed E-state index contributed by atoms with van der Waals surface area (Å²) in [5.41, 5.74) is 0. The number of phosphoric ester groups is 1. The van der Waals surface area contributed by atoms with Crippen LogP contribution in [0.5, 0.6) is 0 Å². The summed E-state index contributed by atoms with van der Waals surface area (Å²) in [6.07, 6.45) is 39.1. The molecule has 0 fully saturated rings. The molecule has 11 heteroatoms. The number of hydrogen-bond donors (Lipinski definition) is 1. The lowest BCUT2D eigenvalue weighted by molar-refractivity contribution is -0.870. The highest BCUT2D eigenvalue weighted by Gasteiger charge is 2.21. The van der Waals surface area contributed by atoms with Crippen LogP contribution in [0.25, 0.3) is 0 Å². The van der Waals surface area contributed by atoms with Crippen molar-refractivity contribution in [2.75, 3.05) is 47.5 Å². The van der Waals surface area contributed by atoms with Crippen molar-refractivity contribution in [2.45, 2.75) is 161 Å². The summed E-state index contributed by atoms with van der Waals surface area (Å²) in [5.74, 6) is -0.935. The first-order chi connectivity index (χ1) is 26.4. The molecule has 0 aliphatic heterocycles. The molecule has 0 radical (unpaired) electrons. The monoisotopic (exact) mass is 796 g/mol. The first kappa shape index (κ1) is 52.7. The molecule has 3 atom stereocenters. The van der Waals surface area contributed by atoms with Gasteiger partial charge < -0.3 is 33.0 Å². The maximum absolute atomic E-state index is 12.6. The second-order valence-corrected chi connectivity index (χ2v) is 16.5. The van der Waals surface area contributed by atoms with E-state index in [1.807, 2.05) is 40.2 Å². The Bertz CT molecular complexity index is 1140. The fourth-order valence-electron chi connectivity index (χ4n) is 5.15. The Labute approximate surface area is 335 Å². The molecule has 0 spiro atoms. The Hall–Kier alpha value is -2.33. The molecule has 1 N–H and O–H groups in total. The number of allylic oxidation sites excluding steroid dienone is 10. The van der Waals surface area contributed by atoms with Crippen molar-refractivity contribution in [3.63, 3.8) is 0 Å². The summed E-state index contributed by atoms with van der Waals surface area (Å²) in [5, 5.41) is 9.56. The van der Waals surface area contributed by atoms with Crippen molar-refractivity contribution in [3.05, 3.63) is 60.8 Å². The molecule has 0 heterocycles. The number of carbonyl (C=O) groups excluding carboxylic acids is 2. The second-order valence-electron chi connectivity index (χ2n) is 15.1. The zero-order chi connectivity index (χ0) is 40.9. The van der Waals surface area contributed by atoms with Gasteiger partial charge in [0.2, 0.25) is 0 Å². The van der Waals surface area contributed by atoms with Gasteiger partial charge in [0.1, 0.15) is 19.8 Å². The number of esters is 2. The van der Waals surface area contributed by atoms with E-state index in [1.54, 1.807) is 0 Å². The van der Waals surface area contributed by atoms with E-state index in [4.69, 9.17) is 18.5 Å². The number of rotatable bonds is 37. The van der Waals surface area contributed by atoms with Crippen LogP contribution in [-0.4, -0.2) is 81.2 Å². The first-order valence-electron chi connectivity index (χ1n) is 21.1. The number of phosphoric acid groups is 1. The van der Waals surface area contributed by atoms with Crippen LogP contribution >= 0.6 is 7.82 Å². The number of carbonyl (C=O) groups is 2. The van der Waals surface area contributed by atoms with Gasteiger partial charge in [-0.25, -0.2) is 0 Å². The van der Waals surface area contributed by atoms with Gasteiger partial charge in [-0.15, -0.1) is 0 Å². The van der Waals surface area contributed by atoms with Crippen LogP contribution in [0.1, 0.15) is 149 Å². The molecule has 0 amide bonds. The fraction of sp³-hybridized carbons (Fsp3) is 0.727. The second kappa shape index (κ2) is 36.0. The van der Waals surface area contributed by atoms with Crippen LogP contribution in [0.3, 0.4) is 0 Å². The Kier molecular flexibility index (Phi) is 34.5. The quantitative estimate of drug-likeness (QED) is 0.0215. The third-order valence-electron chi connectivity index (χ3n) is 8.67. The molecule has 10 nitrogen and oxygen atoms in total. The molecule has 0 aliphatic rings. The van der Waals surface area contributed by atoms with Crippen LogP contribution in [0.4, 0.5) is 0 Å². The normalized spacial score (nSPS) is 14.8. The van der Waals surface area contributed by atoms with Crippen LogP contribution in [0, 0.1) is 0 Å². The molecule has 0 aliphatic carbocycles. The Balaban J connectivity index is 4.52. The number of nitrogens with zero attached hydrogens (tertiary/aromatic N) is 1. The van der Waals surface area contributed by atoms with E-state index < -0.39 is 32.5 Å². The van der Waals surface area contributed by atoms with Crippen molar-refractivity contribution in [1.29, 1.82) is 0 Å². The zero-order valence-electron chi connectivity index (χ0n) is 35.2. The van der Waals surface area contributed by atoms with E-state index in [0.717, 1.165) is 77.0 Å². The van der Waals surface area contributed by atoms with E-state index in [2.05, 4.69) is 55.5 Å². The van der Waals surface area contributed by atoms with Gasteiger partial charge in [0.25, 0.3) is 7.82 Å². The zero-order valence-corrected chi connectivity index (χ0v) is 36.1. The van der Waals surface area contributed by atoms with Crippen LogP contribution in [0.15, 0.2) is 60.8 Å². The average molecular weight is 796 g/mol. The molecule has 0 aromatic carbocycles. The fourth-order valence-corrected chi connectivity index (χ4v) is 5.88. The standard InChI is InChI=1S/C44H78NO9P/c1-6-8-9-10-11-12-13-16-20-23-26-29-32-35-43(47)51-39-42(40-53-55(49,50)52-38-37-45(3,4)5)54-44(48)36-33-30-27-24-21-18-15-14-17-19-22-25-28-31-34-41(46)7-2/h12-13,15,17-19,24-25,27-28,41-42,46H,6-11,14,16,20-23,26,29-40H2,1-5H3/b13-12-,18-15-,19-17-,27-24-,28-25-. The Morgan fingerprint density at radius 3 is 1.76 bits per heavy atom. The SMILES string of the molecule is CCCCCC/C=C\CCCCCCCC(=O)OCC(COP(=O)([O-])OCC[N+](C)(C)C)OC(=O)CCC/C=C\C/C=C\C/C=C\C/C=C\CCC(O)CC. The highest BCUT2D eigenvalue weighted by molar-refractivity contribution is 7.45. The third kappa shape index (κ3) is 39.7. The molecule has 0 aromatic rings. The lowest BCUT2D eigenvalue weighted by Crippen LogP contribution is -2.37. The van der Waals surface area contributed by atoms with Crippen LogP contribution in [0.2, 0.25) is 0 Å². The molecule has 55 heavy (non-hydrogen) atoms. The largest absolute Gasteiger partial charge is 0.756 e. The van der Waals surface area contributed by atoms with E-state index >= 15 is 0 Å². The van der Waals surface area contributed by atoms with Crippen molar-refractivity contribution in [3.8, 4) is 0 Å². The molecule has 0 rings (SSSR count). The Morgan fingerprint density at radius 1 is 0.655 bits per heavy atom. The summed E-state index contributed by atoms with van der Waals surface area (Å²) < 4.78 is 33.7. The van der Waals surface area contributed by atoms with E-state index in [0.29, 0.717) is 30.3 Å². The summed E-state index contributed by atoms with van der Waals surface area (Å²) in [6, 6.07) is 0. The van der Waals surface area contributed by atoms with Gasteiger partial charge in [-0.2, -0.15) is 0 Å². The minimum Gasteiger partial charge on any atom is -0.756 e. The maximum atomic E-state index is 12.6. The topological polar surface area (TPSA) is 131 Å². The predicted octanol–water partition coefficient (Wildman–Crippen LogP) is 10.0. The van der Waals surface area contributed by atoms with Crippen molar-refractivity contribution in [1.82, 2.24) is 0 Å². The third-order valence-corrected chi connectivity index (χ3v) is 9.64. The van der Waals surface area contributed by atoms with Gasteiger partial charge in [0.15, 0.2) is 6.10 Å². The number of unbranched alkanes of at least 4 members (excludes halogenated alkanes) is 10. The summed E-state index contributed by atoms with van der Waals surface area (Å²) in [6.45, 7) is 3.82. The predicted molar refractivity (Wildman–Crippen MR) is 223 cm³/mol. The molecule has 0 bridgehead atoms.